The van der Waals surface area contributed by atoms with Crippen molar-refractivity contribution in [2.45, 2.75) is 24.3 Å². The van der Waals surface area contributed by atoms with Gasteiger partial charge in [-0.05, 0) is 11.6 Å². The largest absolute Gasteiger partial charge is 0.486 e. The minimum atomic E-state index is -3.84. The molecule has 8 heteroatoms. The summed E-state index contributed by atoms with van der Waals surface area (Å²) in [6.45, 7) is 2.48. The third-order valence-electron chi connectivity index (χ3n) is 3.67. The summed E-state index contributed by atoms with van der Waals surface area (Å²) in [5.74, 6) is -0.307. The van der Waals surface area contributed by atoms with Gasteiger partial charge in [-0.2, -0.15) is 4.31 Å². The van der Waals surface area contributed by atoms with Crippen LogP contribution in [0.25, 0.3) is 0 Å². The van der Waals surface area contributed by atoms with E-state index < -0.39 is 22.0 Å². The number of nitrogens with zero attached hydrogens (tertiary/aromatic N) is 1. The topological polar surface area (TPSA) is 93.1 Å². The smallest absolute Gasteiger partial charge is 0.322 e. The number of hydrogen-bond donors (Lipinski definition) is 1. The molecule has 7 nitrogen and oxygen atoms in total. The number of fused-ring (bicyclic) bond motifs is 2. The second-order valence-corrected chi connectivity index (χ2v) is 6.73. The maximum atomic E-state index is 12.6. The van der Waals surface area contributed by atoms with E-state index in [0.29, 0.717) is 30.3 Å². The lowest BCUT2D eigenvalue weighted by Gasteiger charge is -2.33. The fourth-order valence-electron chi connectivity index (χ4n) is 2.72. The maximum Gasteiger partial charge on any atom is 0.322 e. The first-order valence-electron chi connectivity index (χ1n) is 6.62. The van der Waals surface area contributed by atoms with Crippen LogP contribution in [0.3, 0.4) is 0 Å². The van der Waals surface area contributed by atoms with Crippen LogP contribution in [0.15, 0.2) is 17.0 Å². The molecule has 0 saturated carbocycles. The Morgan fingerprint density at radius 3 is 2.52 bits per heavy atom. The molecule has 1 aromatic carbocycles. The van der Waals surface area contributed by atoms with E-state index in [2.05, 4.69) is 0 Å². The number of rotatable bonds is 2. The summed E-state index contributed by atoms with van der Waals surface area (Å²) in [7, 11) is -3.84. The Bertz CT molecular complexity index is 699. The van der Waals surface area contributed by atoms with Crippen LogP contribution in [-0.4, -0.2) is 49.6 Å². The number of sulfonamides is 1. The summed E-state index contributed by atoms with van der Waals surface area (Å²) in [5, 5.41) is 9.27. The summed E-state index contributed by atoms with van der Waals surface area (Å²) in [6, 6.07) is 1.92. The lowest BCUT2D eigenvalue weighted by Crippen LogP contribution is -2.49. The number of likely N-dealkylation sites (N-methyl/N-ethyl adjacent to an activating group) is 1. The highest BCUT2D eigenvalue weighted by Crippen LogP contribution is 2.39. The van der Waals surface area contributed by atoms with Crippen LogP contribution < -0.4 is 9.47 Å². The highest BCUT2D eigenvalue weighted by Gasteiger charge is 2.42. The Morgan fingerprint density at radius 2 is 1.95 bits per heavy atom. The van der Waals surface area contributed by atoms with Crippen LogP contribution in [0, 0.1) is 0 Å². The molecule has 2 aliphatic rings. The standard InChI is InChI=1S/C13H15NO6S/c1-2-14-9(13(15)16)5-8-6-10-11(20-4-3-19-10)7-12(8)21(14,17)18/h6-7,9H,2-5H2,1H3,(H,15,16)/t9-/m0/s1. The molecule has 0 saturated heterocycles. The van der Waals surface area contributed by atoms with Crippen molar-refractivity contribution in [3.63, 3.8) is 0 Å². The number of hydrogen-bond acceptors (Lipinski definition) is 5. The molecule has 114 valence electrons. The van der Waals surface area contributed by atoms with Gasteiger partial charge < -0.3 is 14.6 Å². The predicted molar refractivity (Wildman–Crippen MR) is 72.1 cm³/mol. The molecular formula is C13H15NO6S. The zero-order valence-corrected chi connectivity index (χ0v) is 12.2. The van der Waals surface area contributed by atoms with Crippen LogP contribution in [0.5, 0.6) is 11.5 Å². The van der Waals surface area contributed by atoms with Crippen molar-refractivity contribution in [3.05, 3.63) is 17.7 Å². The van der Waals surface area contributed by atoms with Gasteiger partial charge in [0.1, 0.15) is 19.3 Å². The van der Waals surface area contributed by atoms with Crippen molar-refractivity contribution in [2.24, 2.45) is 0 Å². The van der Waals surface area contributed by atoms with Crippen LogP contribution in [0.4, 0.5) is 0 Å². The van der Waals surface area contributed by atoms with E-state index in [4.69, 9.17) is 9.47 Å². The van der Waals surface area contributed by atoms with Gasteiger partial charge in [0.15, 0.2) is 11.5 Å². The van der Waals surface area contributed by atoms with E-state index in [1.54, 1.807) is 13.0 Å². The number of ether oxygens (including phenoxy) is 2. The van der Waals surface area contributed by atoms with Crippen LogP contribution in [-0.2, 0) is 21.2 Å². The van der Waals surface area contributed by atoms with E-state index in [9.17, 15) is 18.3 Å². The molecule has 0 fully saturated rings. The number of carbonyl (C=O) groups is 1. The van der Waals surface area contributed by atoms with Gasteiger partial charge in [0.05, 0.1) is 4.90 Å². The quantitative estimate of drug-likeness (QED) is 0.853. The van der Waals surface area contributed by atoms with Gasteiger partial charge in [0.2, 0.25) is 10.0 Å². The summed E-state index contributed by atoms with van der Waals surface area (Å²) in [4.78, 5) is 11.5. The molecule has 0 unspecified atom stereocenters. The minimum absolute atomic E-state index is 0.103. The molecule has 21 heavy (non-hydrogen) atoms. The van der Waals surface area contributed by atoms with Crippen molar-refractivity contribution < 1.29 is 27.8 Å². The van der Waals surface area contributed by atoms with Crippen LogP contribution in [0.1, 0.15) is 12.5 Å². The highest BCUT2D eigenvalue weighted by molar-refractivity contribution is 7.89. The van der Waals surface area contributed by atoms with Crippen molar-refractivity contribution in [3.8, 4) is 11.5 Å². The van der Waals surface area contributed by atoms with Gasteiger partial charge in [-0.25, -0.2) is 8.42 Å². The maximum absolute atomic E-state index is 12.6. The van der Waals surface area contributed by atoms with Gasteiger partial charge in [0.25, 0.3) is 0 Å². The number of benzene rings is 1. The second-order valence-electron chi connectivity index (χ2n) is 4.87. The number of carboxylic acid groups (broad SMARTS) is 1. The molecule has 0 aliphatic carbocycles. The van der Waals surface area contributed by atoms with E-state index in [-0.39, 0.29) is 17.9 Å². The Hall–Kier alpha value is -1.80. The lowest BCUT2D eigenvalue weighted by atomic mass is 10.0. The van der Waals surface area contributed by atoms with Gasteiger partial charge in [0, 0.05) is 19.0 Å². The zero-order chi connectivity index (χ0) is 15.2. The molecule has 2 heterocycles. The Balaban J connectivity index is 2.17. The molecular weight excluding hydrogens is 298 g/mol. The van der Waals surface area contributed by atoms with Crippen molar-refractivity contribution in [1.82, 2.24) is 4.31 Å². The normalized spacial score (nSPS) is 23.4. The molecule has 0 amide bonds. The van der Waals surface area contributed by atoms with Crippen LogP contribution >= 0.6 is 0 Å². The molecule has 1 aromatic rings. The van der Waals surface area contributed by atoms with E-state index in [0.717, 1.165) is 4.31 Å². The molecule has 0 bridgehead atoms. The SMILES string of the molecule is CCN1[C@H](C(=O)O)Cc2cc3c(cc2S1(=O)=O)OCCO3. The van der Waals surface area contributed by atoms with Crippen molar-refractivity contribution >= 4 is 16.0 Å². The van der Waals surface area contributed by atoms with Gasteiger partial charge in [-0.15, -0.1) is 0 Å². The van der Waals surface area contributed by atoms with Crippen molar-refractivity contribution in [1.29, 1.82) is 0 Å². The first-order valence-corrected chi connectivity index (χ1v) is 8.06. The first kappa shape index (κ1) is 14.2. The highest BCUT2D eigenvalue weighted by atomic mass is 32.2. The fraction of sp³-hybridized carbons (Fsp3) is 0.462. The molecule has 2 aliphatic heterocycles. The monoisotopic (exact) mass is 313 g/mol. The Kier molecular flexibility index (Phi) is 3.29. The average Bonchev–Trinajstić information content (AvgIpc) is 2.45. The number of aliphatic carboxylic acids is 1. The molecule has 0 spiro atoms. The number of carboxylic acids is 1. The van der Waals surface area contributed by atoms with Crippen LogP contribution in [0.2, 0.25) is 0 Å². The summed E-state index contributed by atoms with van der Waals surface area (Å²) >= 11 is 0. The summed E-state index contributed by atoms with van der Waals surface area (Å²) in [5.41, 5.74) is 0.455. The molecule has 1 atom stereocenters. The van der Waals surface area contributed by atoms with Gasteiger partial charge >= 0.3 is 5.97 Å². The van der Waals surface area contributed by atoms with E-state index >= 15 is 0 Å². The third-order valence-corrected chi connectivity index (χ3v) is 5.74. The molecule has 1 N–H and O–H groups in total. The van der Waals surface area contributed by atoms with Crippen molar-refractivity contribution in [2.75, 3.05) is 19.8 Å². The summed E-state index contributed by atoms with van der Waals surface area (Å²) in [6.07, 6.45) is 0.119. The second kappa shape index (κ2) is 4.88. The third kappa shape index (κ3) is 2.14. The molecule has 3 rings (SSSR count). The zero-order valence-electron chi connectivity index (χ0n) is 11.4. The minimum Gasteiger partial charge on any atom is -0.486 e. The fourth-order valence-corrected chi connectivity index (χ4v) is 4.54. The van der Waals surface area contributed by atoms with Gasteiger partial charge in [-0.1, -0.05) is 6.92 Å². The Labute approximate surface area is 122 Å². The Morgan fingerprint density at radius 1 is 1.33 bits per heavy atom. The first-order chi connectivity index (χ1) is 9.95. The van der Waals surface area contributed by atoms with E-state index in [1.807, 2.05) is 0 Å². The molecule has 0 radical (unpaired) electrons. The summed E-state index contributed by atoms with van der Waals surface area (Å²) < 4.78 is 37.0. The van der Waals surface area contributed by atoms with E-state index in [1.165, 1.54) is 6.07 Å². The predicted octanol–water partition coefficient (Wildman–Crippen LogP) is 0.478. The average molecular weight is 313 g/mol. The lowest BCUT2D eigenvalue weighted by molar-refractivity contribution is -0.141. The van der Waals surface area contributed by atoms with Gasteiger partial charge in [-0.3, -0.25) is 4.79 Å². The molecule has 0 aromatic heterocycles.